The first-order chi connectivity index (χ1) is 11.4. The Hall–Kier alpha value is -2.28. The summed E-state index contributed by atoms with van der Waals surface area (Å²) in [6.07, 6.45) is 1.67. The molecule has 0 heterocycles. The zero-order chi connectivity index (χ0) is 17.9. The minimum atomic E-state index is -0.674. The van der Waals surface area contributed by atoms with Gasteiger partial charge in [-0.1, -0.05) is 12.1 Å². The Morgan fingerprint density at radius 3 is 2.67 bits per heavy atom. The number of esters is 1. The SMILES string of the molecule is C=CCNC(=O)NC(=O)COC(=O)CCSc1ccc(C)c(C)c1. The van der Waals surface area contributed by atoms with Crippen LogP contribution in [-0.4, -0.2) is 36.8 Å². The van der Waals surface area contributed by atoms with Gasteiger partial charge in [0.05, 0.1) is 6.42 Å². The highest BCUT2D eigenvalue weighted by Gasteiger charge is 2.10. The fourth-order valence-corrected chi connectivity index (χ4v) is 2.57. The van der Waals surface area contributed by atoms with Crippen molar-refractivity contribution in [3.05, 3.63) is 42.0 Å². The molecule has 24 heavy (non-hydrogen) atoms. The molecular weight excluding hydrogens is 328 g/mol. The summed E-state index contributed by atoms with van der Waals surface area (Å²) in [5, 5.41) is 4.42. The minimum Gasteiger partial charge on any atom is -0.456 e. The quantitative estimate of drug-likeness (QED) is 0.427. The van der Waals surface area contributed by atoms with E-state index in [2.05, 4.69) is 18.0 Å². The Kier molecular flexibility index (Phi) is 8.64. The van der Waals surface area contributed by atoms with Crippen LogP contribution in [-0.2, 0) is 14.3 Å². The normalized spacial score (nSPS) is 9.92. The van der Waals surface area contributed by atoms with Crippen LogP contribution in [0.5, 0.6) is 0 Å². The van der Waals surface area contributed by atoms with Crippen LogP contribution in [0.25, 0.3) is 0 Å². The predicted octanol–water partition coefficient (Wildman–Crippen LogP) is 2.34. The van der Waals surface area contributed by atoms with Crippen LogP contribution in [0.3, 0.4) is 0 Å². The molecule has 0 aliphatic carbocycles. The Morgan fingerprint density at radius 2 is 2.00 bits per heavy atom. The van der Waals surface area contributed by atoms with E-state index in [0.717, 1.165) is 4.90 Å². The first-order valence-electron chi connectivity index (χ1n) is 7.46. The van der Waals surface area contributed by atoms with E-state index in [0.29, 0.717) is 5.75 Å². The van der Waals surface area contributed by atoms with Crippen molar-refractivity contribution in [3.8, 4) is 0 Å². The summed E-state index contributed by atoms with van der Waals surface area (Å²) in [5.41, 5.74) is 2.43. The van der Waals surface area contributed by atoms with E-state index in [4.69, 9.17) is 4.74 Å². The number of benzene rings is 1. The summed E-state index contributed by atoms with van der Waals surface area (Å²) >= 11 is 1.55. The molecule has 0 saturated carbocycles. The number of hydrogen-bond donors (Lipinski definition) is 2. The van der Waals surface area contributed by atoms with Gasteiger partial charge in [0.25, 0.3) is 5.91 Å². The highest BCUT2D eigenvalue weighted by molar-refractivity contribution is 7.99. The van der Waals surface area contributed by atoms with Gasteiger partial charge in [0.1, 0.15) is 0 Å². The van der Waals surface area contributed by atoms with Gasteiger partial charge in [-0.3, -0.25) is 14.9 Å². The third kappa shape index (κ3) is 7.82. The maximum absolute atomic E-state index is 11.6. The van der Waals surface area contributed by atoms with Crippen LogP contribution in [0, 0.1) is 13.8 Å². The maximum atomic E-state index is 11.6. The number of rotatable bonds is 8. The van der Waals surface area contributed by atoms with Gasteiger partial charge in [-0.25, -0.2) is 4.79 Å². The molecule has 0 spiro atoms. The largest absolute Gasteiger partial charge is 0.456 e. The Labute approximate surface area is 146 Å². The van der Waals surface area contributed by atoms with Gasteiger partial charge in [-0.2, -0.15) is 0 Å². The zero-order valence-electron chi connectivity index (χ0n) is 13.9. The molecule has 0 atom stereocenters. The second kappa shape index (κ2) is 10.5. The molecular formula is C17H22N2O4S. The van der Waals surface area contributed by atoms with Gasteiger partial charge in [-0.05, 0) is 37.1 Å². The van der Waals surface area contributed by atoms with E-state index in [1.807, 2.05) is 31.3 Å². The summed E-state index contributed by atoms with van der Waals surface area (Å²) in [6.45, 7) is 7.28. The lowest BCUT2D eigenvalue weighted by Crippen LogP contribution is -2.41. The van der Waals surface area contributed by atoms with Crippen LogP contribution in [0.15, 0.2) is 35.7 Å². The van der Waals surface area contributed by atoms with Crippen molar-refractivity contribution in [2.75, 3.05) is 18.9 Å². The summed E-state index contributed by atoms with van der Waals surface area (Å²) in [6, 6.07) is 5.47. The van der Waals surface area contributed by atoms with Gasteiger partial charge >= 0.3 is 12.0 Å². The molecule has 3 amide bonds. The van der Waals surface area contributed by atoms with Crippen LogP contribution in [0.4, 0.5) is 4.79 Å². The predicted molar refractivity (Wildman–Crippen MR) is 94.0 cm³/mol. The van der Waals surface area contributed by atoms with Crippen LogP contribution < -0.4 is 10.6 Å². The monoisotopic (exact) mass is 350 g/mol. The number of ether oxygens (including phenoxy) is 1. The number of imide groups is 1. The van der Waals surface area contributed by atoms with E-state index in [-0.39, 0.29) is 13.0 Å². The molecule has 0 aromatic heterocycles. The molecule has 0 aliphatic heterocycles. The van der Waals surface area contributed by atoms with Crippen LogP contribution >= 0.6 is 11.8 Å². The highest BCUT2D eigenvalue weighted by Crippen LogP contribution is 2.21. The van der Waals surface area contributed by atoms with Crippen molar-refractivity contribution in [1.82, 2.24) is 10.6 Å². The lowest BCUT2D eigenvalue weighted by atomic mass is 10.1. The van der Waals surface area contributed by atoms with Gasteiger partial charge in [0, 0.05) is 17.2 Å². The maximum Gasteiger partial charge on any atom is 0.321 e. The molecule has 0 fully saturated rings. The lowest BCUT2D eigenvalue weighted by molar-refractivity contribution is -0.147. The minimum absolute atomic E-state index is 0.188. The molecule has 0 radical (unpaired) electrons. The van der Waals surface area contributed by atoms with Gasteiger partial charge in [0.2, 0.25) is 0 Å². The Bertz CT molecular complexity index is 617. The molecule has 130 valence electrons. The fourth-order valence-electron chi connectivity index (χ4n) is 1.65. The Balaban J connectivity index is 2.21. The Morgan fingerprint density at radius 1 is 1.25 bits per heavy atom. The molecule has 0 bridgehead atoms. The molecule has 0 unspecified atom stereocenters. The summed E-state index contributed by atoms with van der Waals surface area (Å²) in [4.78, 5) is 35.3. The number of nitrogens with one attached hydrogen (secondary N) is 2. The van der Waals surface area contributed by atoms with Gasteiger partial charge in [-0.15, -0.1) is 18.3 Å². The van der Waals surface area contributed by atoms with E-state index in [1.54, 1.807) is 11.8 Å². The number of thioether (sulfide) groups is 1. The number of carbonyl (C=O) groups is 3. The molecule has 7 heteroatoms. The van der Waals surface area contributed by atoms with E-state index in [9.17, 15) is 14.4 Å². The lowest BCUT2D eigenvalue weighted by Gasteiger charge is -2.07. The first kappa shape index (κ1) is 19.8. The number of urea groups is 1. The number of carbonyl (C=O) groups excluding carboxylic acids is 3. The summed E-state index contributed by atoms with van der Waals surface area (Å²) in [5.74, 6) is -0.595. The fraction of sp³-hybridized carbons (Fsp3) is 0.353. The first-order valence-corrected chi connectivity index (χ1v) is 8.45. The van der Waals surface area contributed by atoms with Crippen molar-refractivity contribution in [2.24, 2.45) is 0 Å². The second-order valence-corrected chi connectivity index (χ2v) is 6.22. The molecule has 1 aromatic carbocycles. The van der Waals surface area contributed by atoms with Crippen molar-refractivity contribution in [3.63, 3.8) is 0 Å². The third-order valence-electron chi connectivity index (χ3n) is 3.08. The number of amides is 3. The van der Waals surface area contributed by atoms with Gasteiger partial charge in [0.15, 0.2) is 6.61 Å². The number of aryl methyl sites for hydroxylation is 2. The third-order valence-corrected chi connectivity index (χ3v) is 4.07. The van der Waals surface area contributed by atoms with Crippen molar-refractivity contribution >= 4 is 29.7 Å². The van der Waals surface area contributed by atoms with Gasteiger partial charge < -0.3 is 10.1 Å². The molecule has 0 saturated heterocycles. The molecule has 1 aromatic rings. The number of hydrogen-bond acceptors (Lipinski definition) is 5. The zero-order valence-corrected chi connectivity index (χ0v) is 14.7. The van der Waals surface area contributed by atoms with Crippen molar-refractivity contribution in [2.45, 2.75) is 25.2 Å². The standard InChI is InChI=1S/C17H22N2O4S/c1-4-8-18-17(22)19-15(20)11-23-16(21)7-9-24-14-6-5-12(2)13(3)10-14/h4-6,10H,1,7-9,11H2,2-3H3,(H2,18,19,20,22). The molecule has 1 rings (SSSR count). The van der Waals surface area contributed by atoms with Crippen molar-refractivity contribution < 1.29 is 19.1 Å². The molecule has 6 nitrogen and oxygen atoms in total. The smallest absolute Gasteiger partial charge is 0.321 e. The average Bonchev–Trinajstić information content (AvgIpc) is 2.54. The van der Waals surface area contributed by atoms with E-state index >= 15 is 0 Å². The summed E-state index contributed by atoms with van der Waals surface area (Å²) < 4.78 is 4.83. The topological polar surface area (TPSA) is 84.5 Å². The van der Waals surface area contributed by atoms with Crippen LogP contribution in [0.1, 0.15) is 17.5 Å². The molecule has 0 aliphatic rings. The van der Waals surface area contributed by atoms with Crippen LogP contribution in [0.2, 0.25) is 0 Å². The highest BCUT2D eigenvalue weighted by atomic mass is 32.2. The van der Waals surface area contributed by atoms with Crippen molar-refractivity contribution in [1.29, 1.82) is 0 Å². The average molecular weight is 350 g/mol. The molecule has 2 N–H and O–H groups in total. The second-order valence-electron chi connectivity index (χ2n) is 5.05. The van der Waals surface area contributed by atoms with E-state index < -0.39 is 24.5 Å². The summed E-state index contributed by atoms with van der Waals surface area (Å²) in [7, 11) is 0. The van der Waals surface area contributed by atoms with E-state index in [1.165, 1.54) is 17.2 Å².